The Morgan fingerprint density at radius 2 is 1.38 bits per heavy atom. The Kier molecular flexibility index (Phi) is 13.1. The Bertz CT molecular complexity index is 218. The largest absolute Gasteiger partial charge is 0.0991 e. The van der Waals surface area contributed by atoms with Crippen molar-refractivity contribution in [3.8, 4) is 0 Å². The van der Waals surface area contributed by atoms with Crippen LogP contribution in [0.4, 0.5) is 0 Å². The van der Waals surface area contributed by atoms with Crippen LogP contribution in [0.3, 0.4) is 0 Å². The fourth-order valence-electron chi connectivity index (χ4n) is 1.49. The summed E-state index contributed by atoms with van der Waals surface area (Å²) in [4.78, 5) is 0. The molecule has 0 aliphatic carbocycles. The first-order valence-electron chi connectivity index (χ1n) is 6.52. The highest BCUT2D eigenvalue weighted by atomic mass is 13.9. The van der Waals surface area contributed by atoms with Crippen LogP contribution in [0.2, 0.25) is 0 Å². The van der Waals surface area contributed by atoms with Crippen LogP contribution >= 0.6 is 0 Å². The van der Waals surface area contributed by atoms with Crippen LogP contribution in [0, 0.1) is 0 Å². The number of hydrogen-bond donors (Lipinski definition) is 0. The van der Waals surface area contributed by atoms with Crippen molar-refractivity contribution < 1.29 is 0 Å². The van der Waals surface area contributed by atoms with Gasteiger partial charge in [-0.1, -0.05) is 88.1 Å². The molecule has 0 bridgehead atoms. The van der Waals surface area contributed by atoms with Gasteiger partial charge in [-0.15, -0.1) is 0 Å². The third kappa shape index (κ3) is 13.0. The van der Waals surface area contributed by atoms with Gasteiger partial charge in [0.25, 0.3) is 0 Å². The molecule has 0 aromatic carbocycles. The first-order chi connectivity index (χ1) is 7.91. The molecule has 0 aromatic heterocycles. The van der Waals surface area contributed by atoms with Crippen LogP contribution in [0.5, 0.6) is 0 Å². The van der Waals surface area contributed by atoms with Gasteiger partial charge in [0.1, 0.15) is 0 Å². The quantitative estimate of drug-likeness (QED) is 0.331. The Morgan fingerprint density at radius 3 is 2.12 bits per heavy atom. The summed E-state index contributed by atoms with van der Waals surface area (Å²) in [6.45, 7) is 5.87. The molecule has 0 atom stereocenters. The lowest BCUT2D eigenvalue weighted by atomic mass is 10.1. The van der Waals surface area contributed by atoms with Crippen molar-refractivity contribution in [2.75, 3.05) is 0 Å². The second-order valence-electron chi connectivity index (χ2n) is 3.99. The van der Waals surface area contributed by atoms with E-state index in [-0.39, 0.29) is 0 Å². The molecule has 0 aliphatic rings. The highest BCUT2D eigenvalue weighted by Gasteiger charge is 1.87. The van der Waals surface area contributed by atoms with Gasteiger partial charge < -0.3 is 0 Å². The Hall–Kier alpha value is -1.04. The summed E-state index contributed by atoms with van der Waals surface area (Å²) in [5.74, 6) is 0. The van der Waals surface area contributed by atoms with Gasteiger partial charge in [0.2, 0.25) is 0 Å². The lowest BCUT2D eigenvalue weighted by molar-refractivity contribution is 0.611. The fourth-order valence-corrected chi connectivity index (χ4v) is 1.49. The minimum absolute atomic E-state index is 1.21. The predicted octanol–water partition coefficient (Wildman–Crippen LogP) is 5.59. The van der Waals surface area contributed by atoms with Crippen molar-refractivity contribution in [2.45, 2.75) is 51.9 Å². The summed E-state index contributed by atoms with van der Waals surface area (Å²) in [7, 11) is 0. The van der Waals surface area contributed by atoms with Crippen molar-refractivity contribution in [3.05, 3.63) is 49.1 Å². The molecule has 0 heterocycles. The monoisotopic (exact) mass is 218 g/mol. The maximum absolute atomic E-state index is 3.61. The van der Waals surface area contributed by atoms with Gasteiger partial charge >= 0.3 is 0 Å². The van der Waals surface area contributed by atoms with Crippen molar-refractivity contribution in [2.24, 2.45) is 0 Å². The van der Waals surface area contributed by atoms with Gasteiger partial charge in [0.05, 0.1) is 0 Å². The van der Waals surface area contributed by atoms with Crippen LogP contribution < -0.4 is 0 Å². The summed E-state index contributed by atoms with van der Waals surface area (Å²) in [5.41, 5.74) is 0. The minimum Gasteiger partial charge on any atom is -0.0991 e. The molecule has 0 nitrogen and oxygen atoms in total. The first-order valence-corrected chi connectivity index (χ1v) is 6.52. The van der Waals surface area contributed by atoms with Crippen LogP contribution in [0.25, 0.3) is 0 Å². The van der Waals surface area contributed by atoms with E-state index in [0.29, 0.717) is 0 Å². The van der Waals surface area contributed by atoms with Gasteiger partial charge in [-0.05, 0) is 12.8 Å². The molecular formula is C16H26. The molecule has 0 aromatic rings. The zero-order chi connectivity index (χ0) is 11.9. The summed E-state index contributed by atoms with van der Waals surface area (Å²) < 4.78 is 0. The summed E-state index contributed by atoms with van der Waals surface area (Å²) in [5, 5.41) is 0. The topological polar surface area (TPSA) is 0 Å². The molecule has 0 spiro atoms. The van der Waals surface area contributed by atoms with Crippen LogP contribution in [-0.2, 0) is 0 Å². The van der Waals surface area contributed by atoms with Crippen molar-refractivity contribution >= 4 is 0 Å². The molecule has 90 valence electrons. The summed E-state index contributed by atoms with van der Waals surface area (Å²) >= 11 is 0. The molecule has 0 N–H and O–H groups in total. The molecule has 0 rings (SSSR count). The standard InChI is InChI=1S/C16H26/c1-3-5-7-9-11-13-15-16-14-12-10-8-6-4-2/h3,5,7,9,11,13,15H,1,4,6,8,10,12,14,16H2,2H3/b7-5+,11-9+,15-13+. The van der Waals surface area contributed by atoms with Gasteiger partial charge in [0, 0.05) is 0 Å². The third-order valence-corrected chi connectivity index (χ3v) is 2.44. The van der Waals surface area contributed by atoms with Crippen molar-refractivity contribution in [1.29, 1.82) is 0 Å². The van der Waals surface area contributed by atoms with E-state index in [1.54, 1.807) is 6.08 Å². The van der Waals surface area contributed by atoms with E-state index in [0.717, 1.165) is 0 Å². The number of unbranched alkanes of at least 4 members (excludes halogenated alkanes) is 6. The van der Waals surface area contributed by atoms with Gasteiger partial charge in [0.15, 0.2) is 0 Å². The molecule has 0 fully saturated rings. The molecule has 0 saturated heterocycles. The maximum atomic E-state index is 3.61. The molecule has 0 amide bonds. The first kappa shape index (κ1) is 15.0. The lowest BCUT2D eigenvalue weighted by Gasteiger charge is -1.97. The van der Waals surface area contributed by atoms with Gasteiger partial charge in [-0.2, -0.15) is 0 Å². The minimum atomic E-state index is 1.21. The van der Waals surface area contributed by atoms with E-state index in [2.05, 4.69) is 31.7 Å². The highest BCUT2D eigenvalue weighted by Crippen LogP contribution is 2.07. The Labute approximate surface area is 101 Å². The SMILES string of the molecule is C=C/C=C/C=C/C=C/CCCCCCCC. The second-order valence-corrected chi connectivity index (χ2v) is 3.99. The van der Waals surface area contributed by atoms with Crippen molar-refractivity contribution in [3.63, 3.8) is 0 Å². The van der Waals surface area contributed by atoms with E-state index < -0.39 is 0 Å². The molecule has 0 aliphatic heterocycles. The van der Waals surface area contributed by atoms with Crippen molar-refractivity contribution in [1.82, 2.24) is 0 Å². The summed E-state index contributed by atoms with van der Waals surface area (Å²) in [6.07, 6.45) is 23.6. The Balaban J connectivity index is 3.24. The number of allylic oxidation sites excluding steroid dienone is 7. The molecule has 0 unspecified atom stereocenters. The lowest BCUT2D eigenvalue weighted by Crippen LogP contribution is -1.77. The molecule has 16 heavy (non-hydrogen) atoms. The van der Waals surface area contributed by atoms with Crippen LogP contribution in [-0.4, -0.2) is 0 Å². The molecule has 0 saturated carbocycles. The summed E-state index contributed by atoms with van der Waals surface area (Å²) in [6, 6.07) is 0. The van der Waals surface area contributed by atoms with E-state index in [1.165, 1.54) is 44.9 Å². The Morgan fingerprint density at radius 1 is 0.750 bits per heavy atom. The van der Waals surface area contributed by atoms with Crippen LogP contribution in [0.15, 0.2) is 49.1 Å². The number of rotatable bonds is 10. The van der Waals surface area contributed by atoms with E-state index in [4.69, 9.17) is 0 Å². The average molecular weight is 218 g/mol. The van der Waals surface area contributed by atoms with E-state index >= 15 is 0 Å². The molecular weight excluding hydrogens is 192 g/mol. The predicted molar refractivity (Wildman–Crippen MR) is 75.6 cm³/mol. The highest BCUT2D eigenvalue weighted by molar-refractivity contribution is 5.14. The zero-order valence-corrected chi connectivity index (χ0v) is 10.7. The van der Waals surface area contributed by atoms with E-state index in [1.807, 2.05) is 18.2 Å². The average Bonchev–Trinajstić information content (AvgIpc) is 2.31. The van der Waals surface area contributed by atoms with Crippen LogP contribution in [0.1, 0.15) is 51.9 Å². The second kappa shape index (κ2) is 14.0. The zero-order valence-electron chi connectivity index (χ0n) is 10.7. The normalized spacial score (nSPS) is 12.1. The molecule has 0 heteroatoms. The molecule has 0 radical (unpaired) electrons. The van der Waals surface area contributed by atoms with Gasteiger partial charge in [-0.25, -0.2) is 0 Å². The van der Waals surface area contributed by atoms with E-state index in [9.17, 15) is 0 Å². The fraction of sp³-hybridized carbons (Fsp3) is 0.500. The number of hydrogen-bond acceptors (Lipinski definition) is 0. The smallest absolute Gasteiger partial charge is 0.0348 e. The van der Waals surface area contributed by atoms with Gasteiger partial charge in [-0.3, -0.25) is 0 Å². The third-order valence-electron chi connectivity index (χ3n) is 2.44. The maximum Gasteiger partial charge on any atom is -0.0348 e.